The molecule has 0 aliphatic carbocycles. The van der Waals surface area contributed by atoms with Crippen molar-refractivity contribution in [2.45, 2.75) is 24.9 Å². The number of rotatable bonds is 6. The molecular formula is C23H31Cl3F3N7O. The van der Waals surface area contributed by atoms with Crippen LogP contribution in [0.2, 0.25) is 0 Å². The molecule has 0 saturated carbocycles. The summed E-state index contributed by atoms with van der Waals surface area (Å²) >= 11 is 0. The first-order valence-corrected chi connectivity index (χ1v) is 11.7. The highest BCUT2D eigenvalue weighted by atomic mass is 35.5. The minimum absolute atomic E-state index is 0. The van der Waals surface area contributed by atoms with Crippen molar-refractivity contribution in [3.05, 3.63) is 47.8 Å². The van der Waals surface area contributed by atoms with E-state index in [9.17, 15) is 13.2 Å². The molecule has 0 radical (unpaired) electrons. The second-order valence-corrected chi connectivity index (χ2v) is 8.75. The van der Waals surface area contributed by atoms with Gasteiger partial charge in [-0.2, -0.15) is 17.7 Å². The Bertz CT molecular complexity index is 1100. The first-order valence-electron chi connectivity index (χ1n) is 11.7. The lowest BCUT2D eigenvalue weighted by atomic mass is 9.89. The molecule has 5 rings (SSSR count). The number of benzene rings is 1. The lowest BCUT2D eigenvalue weighted by molar-refractivity contribution is -0.146. The van der Waals surface area contributed by atoms with Crippen LogP contribution in [0, 0.1) is 0 Å². The third-order valence-corrected chi connectivity index (χ3v) is 6.56. The molecular weight excluding hydrogens is 554 g/mol. The van der Waals surface area contributed by atoms with Crippen LogP contribution in [0.1, 0.15) is 30.1 Å². The summed E-state index contributed by atoms with van der Waals surface area (Å²) in [6.45, 7) is 7.24. The van der Waals surface area contributed by atoms with E-state index in [1.165, 1.54) is 11.6 Å². The zero-order valence-corrected chi connectivity index (χ0v) is 22.5. The van der Waals surface area contributed by atoms with Crippen LogP contribution in [0.15, 0.2) is 36.4 Å². The smallest absolute Gasteiger partial charge is 0.453 e. The van der Waals surface area contributed by atoms with Gasteiger partial charge in [-0.25, -0.2) is 0 Å². The Hall–Kier alpha value is -2.05. The summed E-state index contributed by atoms with van der Waals surface area (Å²) in [4.78, 5) is 4.42. The molecule has 4 heterocycles. The SMILES string of the molecule is Cl.Cl.Cl.FC(F)(F)c1nnc2ccc(N3CCC(c4ccc(OCCN5CCNCC5)cc4)CC3)nn12. The molecule has 0 bridgehead atoms. The zero-order valence-electron chi connectivity index (χ0n) is 20.1. The maximum absolute atomic E-state index is 13.2. The molecule has 2 saturated heterocycles. The van der Waals surface area contributed by atoms with Crippen LogP contribution in [0.5, 0.6) is 5.75 Å². The number of hydrogen-bond acceptors (Lipinski definition) is 7. The Balaban J connectivity index is 0.00000160. The summed E-state index contributed by atoms with van der Waals surface area (Å²) in [5, 5.41) is 14.3. The minimum Gasteiger partial charge on any atom is -0.492 e. The molecule has 2 aliphatic heterocycles. The molecule has 8 nitrogen and oxygen atoms in total. The van der Waals surface area contributed by atoms with Gasteiger partial charge >= 0.3 is 6.18 Å². The lowest BCUT2D eigenvalue weighted by Crippen LogP contribution is -2.44. The number of anilines is 1. The number of aromatic nitrogens is 4. The number of hydrogen-bond donors (Lipinski definition) is 1. The van der Waals surface area contributed by atoms with Gasteiger partial charge in [0.15, 0.2) is 5.65 Å². The highest BCUT2D eigenvalue weighted by molar-refractivity contribution is 5.86. The van der Waals surface area contributed by atoms with Crippen molar-refractivity contribution in [2.75, 3.05) is 57.3 Å². The quantitative estimate of drug-likeness (QED) is 0.468. The van der Waals surface area contributed by atoms with Gasteiger partial charge in [0, 0.05) is 45.8 Å². The van der Waals surface area contributed by atoms with E-state index in [2.05, 4.69) is 37.6 Å². The van der Waals surface area contributed by atoms with Gasteiger partial charge < -0.3 is 15.0 Å². The van der Waals surface area contributed by atoms with Crippen molar-refractivity contribution in [3.8, 4) is 5.75 Å². The Morgan fingerprint density at radius 1 is 0.892 bits per heavy atom. The summed E-state index contributed by atoms with van der Waals surface area (Å²) in [6.07, 6.45) is -2.80. The molecule has 37 heavy (non-hydrogen) atoms. The first kappa shape index (κ1) is 31.2. The molecule has 2 fully saturated rings. The van der Waals surface area contributed by atoms with E-state index in [-0.39, 0.29) is 42.9 Å². The van der Waals surface area contributed by atoms with E-state index in [0.717, 1.165) is 68.9 Å². The van der Waals surface area contributed by atoms with Gasteiger partial charge in [-0.05, 0) is 48.6 Å². The largest absolute Gasteiger partial charge is 0.492 e. The minimum atomic E-state index is -4.60. The van der Waals surface area contributed by atoms with Crippen molar-refractivity contribution < 1.29 is 17.9 Å². The first-order chi connectivity index (χ1) is 16.5. The molecule has 0 atom stereocenters. The zero-order chi connectivity index (χ0) is 23.5. The molecule has 206 valence electrons. The number of fused-ring (bicyclic) bond motifs is 1. The molecule has 1 N–H and O–H groups in total. The second-order valence-electron chi connectivity index (χ2n) is 8.75. The Morgan fingerprint density at radius 3 is 2.22 bits per heavy atom. The van der Waals surface area contributed by atoms with Crippen LogP contribution in [-0.4, -0.2) is 77.1 Å². The predicted octanol–water partition coefficient (Wildman–Crippen LogP) is 4.08. The fraction of sp³-hybridized carbons (Fsp3) is 0.522. The number of halogens is 6. The molecule has 2 aromatic heterocycles. The standard InChI is InChI=1S/C23H28F3N7O.3ClH/c24-23(25,26)22-29-28-20-5-6-21(30-33(20)22)32-11-7-18(8-12-32)17-1-3-19(4-2-17)34-16-15-31-13-9-27-10-14-31;;;/h1-6,18,27H,7-16H2;3*1H. The second kappa shape index (κ2) is 13.7. The van der Waals surface area contributed by atoms with Gasteiger partial charge in [-0.1, -0.05) is 12.1 Å². The van der Waals surface area contributed by atoms with Gasteiger partial charge in [0.2, 0.25) is 0 Å². The Morgan fingerprint density at radius 2 is 1.57 bits per heavy atom. The van der Waals surface area contributed by atoms with E-state index in [0.29, 0.717) is 18.3 Å². The maximum Gasteiger partial charge on any atom is 0.453 e. The number of ether oxygens (including phenoxy) is 1. The van der Waals surface area contributed by atoms with Crippen molar-refractivity contribution in [1.82, 2.24) is 30.0 Å². The number of piperazine rings is 1. The molecule has 3 aromatic rings. The van der Waals surface area contributed by atoms with Gasteiger partial charge in [0.05, 0.1) is 0 Å². The number of alkyl halides is 3. The lowest BCUT2D eigenvalue weighted by Gasteiger charge is -2.33. The molecule has 0 amide bonds. The van der Waals surface area contributed by atoms with E-state index in [1.54, 1.807) is 6.07 Å². The number of piperidine rings is 1. The van der Waals surface area contributed by atoms with E-state index in [4.69, 9.17) is 4.74 Å². The number of nitrogens with one attached hydrogen (secondary N) is 1. The van der Waals surface area contributed by atoms with Crippen LogP contribution < -0.4 is 15.0 Å². The van der Waals surface area contributed by atoms with Gasteiger partial charge in [0.25, 0.3) is 5.82 Å². The molecule has 2 aliphatic rings. The Labute approximate surface area is 232 Å². The summed E-state index contributed by atoms with van der Waals surface area (Å²) in [7, 11) is 0. The van der Waals surface area contributed by atoms with Crippen molar-refractivity contribution >= 4 is 48.7 Å². The van der Waals surface area contributed by atoms with E-state index < -0.39 is 12.0 Å². The maximum atomic E-state index is 13.2. The van der Waals surface area contributed by atoms with Crippen molar-refractivity contribution in [2.24, 2.45) is 0 Å². The van der Waals surface area contributed by atoms with Crippen molar-refractivity contribution in [1.29, 1.82) is 0 Å². The predicted molar refractivity (Wildman–Crippen MR) is 143 cm³/mol. The molecule has 0 spiro atoms. The summed E-state index contributed by atoms with van der Waals surface area (Å²) in [6, 6.07) is 11.5. The Kier molecular flexibility index (Phi) is 11.5. The van der Waals surface area contributed by atoms with Gasteiger partial charge in [0.1, 0.15) is 18.2 Å². The van der Waals surface area contributed by atoms with Crippen LogP contribution in [0.25, 0.3) is 5.65 Å². The average Bonchev–Trinajstić information content (AvgIpc) is 3.29. The van der Waals surface area contributed by atoms with Crippen LogP contribution in [0.4, 0.5) is 19.0 Å². The highest BCUT2D eigenvalue weighted by Gasteiger charge is 2.38. The molecule has 0 unspecified atom stereocenters. The third kappa shape index (κ3) is 7.51. The normalized spacial score (nSPS) is 17.0. The van der Waals surface area contributed by atoms with E-state index >= 15 is 0 Å². The average molecular weight is 585 g/mol. The molecule has 14 heteroatoms. The summed E-state index contributed by atoms with van der Waals surface area (Å²) in [5.74, 6) is 0.678. The monoisotopic (exact) mass is 583 g/mol. The highest BCUT2D eigenvalue weighted by Crippen LogP contribution is 2.32. The van der Waals surface area contributed by atoms with Gasteiger partial charge in [-0.15, -0.1) is 52.5 Å². The summed E-state index contributed by atoms with van der Waals surface area (Å²) in [5.41, 5.74) is 1.34. The topological polar surface area (TPSA) is 70.8 Å². The van der Waals surface area contributed by atoms with Crippen LogP contribution in [-0.2, 0) is 6.18 Å². The fourth-order valence-electron chi connectivity index (χ4n) is 4.63. The summed E-state index contributed by atoms with van der Waals surface area (Å²) < 4.78 is 46.2. The van der Waals surface area contributed by atoms with Gasteiger partial charge in [-0.3, -0.25) is 4.90 Å². The van der Waals surface area contributed by atoms with Crippen molar-refractivity contribution in [3.63, 3.8) is 0 Å². The molecule has 1 aromatic carbocycles. The fourth-order valence-corrected chi connectivity index (χ4v) is 4.63. The number of nitrogens with zero attached hydrogens (tertiary/aromatic N) is 6. The van der Waals surface area contributed by atoms with E-state index in [1.807, 2.05) is 17.0 Å². The van der Waals surface area contributed by atoms with Crippen LogP contribution >= 0.6 is 37.2 Å². The van der Waals surface area contributed by atoms with Crippen LogP contribution in [0.3, 0.4) is 0 Å². The third-order valence-electron chi connectivity index (χ3n) is 6.56.